The lowest BCUT2D eigenvalue weighted by Gasteiger charge is -2.00. The maximum atomic E-state index is 13.1. The van der Waals surface area contributed by atoms with Crippen molar-refractivity contribution in [2.75, 3.05) is 0 Å². The van der Waals surface area contributed by atoms with E-state index in [4.69, 9.17) is 16.0 Å². The zero-order valence-corrected chi connectivity index (χ0v) is 8.59. The van der Waals surface area contributed by atoms with Crippen molar-refractivity contribution in [2.45, 2.75) is 0 Å². The number of carbonyl (C=O) groups excluding carboxylic acids is 1. The van der Waals surface area contributed by atoms with E-state index in [1.54, 1.807) is 0 Å². The monoisotopic (exact) mass is 242 g/mol. The number of furan rings is 1. The number of carbonyl (C=O) groups is 1. The van der Waals surface area contributed by atoms with Crippen LogP contribution in [0.1, 0.15) is 10.6 Å². The van der Waals surface area contributed by atoms with E-state index in [9.17, 15) is 13.6 Å². The highest BCUT2D eigenvalue weighted by atomic mass is 35.5. The van der Waals surface area contributed by atoms with Crippen LogP contribution < -0.4 is 0 Å². The molecule has 1 aromatic carbocycles. The Morgan fingerprint density at radius 2 is 1.81 bits per heavy atom. The van der Waals surface area contributed by atoms with Crippen LogP contribution in [0.15, 0.2) is 28.7 Å². The standard InChI is InChI=1S/C11H5ClF2O2/c12-11-8(13)3-6(4-9(11)14)10-2-1-7(5-15)16-10/h1-5H. The third kappa shape index (κ3) is 1.84. The molecule has 16 heavy (non-hydrogen) atoms. The molecule has 2 nitrogen and oxygen atoms in total. The molecule has 0 saturated carbocycles. The van der Waals surface area contributed by atoms with E-state index < -0.39 is 16.7 Å². The molecule has 0 fully saturated rings. The third-order valence-electron chi connectivity index (χ3n) is 2.01. The minimum absolute atomic E-state index is 0.0887. The molecule has 0 aliphatic heterocycles. The van der Waals surface area contributed by atoms with Gasteiger partial charge in [-0.3, -0.25) is 4.79 Å². The largest absolute Gasteiger partial charge is 0.453 e. The molecular weight excluding hydrogens is 238 g/mol. The van der Waals surface area contributed by atoms with Gasteiger partial charge in [-0.2, -0.15) is 0 Å². The molecule has 0 radical (unpaired) electrons. The highest BCUT2D eigenvalue weighted by molar-refractivity contribution is 6.30. The predicted octanol–water partition coefficient (Wildman–Crippen LogP) is 3.69. The second kappa shape index (κ2) is 4.06. The lowest BCUT2D eigenvalue weighted by molar-refractivity contribution is 0.110. The smallest absolute Gasteiger partial charge is 0.185 e. The summed E-state index contributed by atoms with van der Waals surface area (Å²) in [6.07, 6.45) is 0.506. The van der Waals surface area contributed by atoms with Gasteiger partial charge >= 0.3 is 0 Å². The van der Waals surface area contributed by atoms with E-state index in [2.05, 4.69) is 0 Å². The number of aldehydes is 1. The second-order valence-electron chi connectivity index (χ2n) is 3.07. The summed E-state index contributed by atoms with van der Waals surface area (Å²) in [5.41, 5.74) is 0.188. The second-order valence-corrected chi connectivity index (χ2v) is 3.45. The molecule has 0 saturated heterocycles. The van der Waals surface area contributed by atoms with Crippen LogP contribution in [0, 0.1) is 11.6 Å². The average molecular weight is 243 g/mol. The van der Waals surface area contributed by atoms with Gasteiger partial charge in [-0.05, 0) is 24.3 Å². The molecule has 0 atom stereocenters. The molecule has 0 spiro atoms. The van der Waals surface area contributed by atoms with Crippen molar-refractivity contribution in [3.8, 4) is 11.3 Å². The molecule has 1 aromatic heterocycles. The Labute approximate surface area is 94.4 Å². The summed E-state index contributed by atoms with van der Waals surface area (Å²) in [6, 6.07) is 4.94. The lowest BCUT2D eigenvalue weighted by Crippen LogP contribution is -1.85. The summed E-state index contributed by atoms with van der Waals surface area (Å²) in [4.78, 5) is 10.4. The number of hydrogen-bond acceptors (Lipinski definition) is 2. The first-order chi connectivity index (χ1) is 7.61. The maximum Gasteiger partial charge on any atom is 0.185 e. The SMILES string of the molecule is O=Cc1ccc(-c2cc(F)c(Cl)c(F)c2)o1. The molecule has 0 aliphatic carbocycles. The van der Waals surface area contributed by atoms with Crippen LogP contribution in [0.5, 0.6) is 0 Å². The quantitative estimate of drug-likeness (QED) is 0.594. The van der Waals surface area contributed by atoms with Crippen LogP contribution in [-0.2, 0) is 0 Å². The van der Waals surface area contributed by atoms with Crippen molar-refractivity contribution in [1.82, 2.24) is 0 Å². The molecule has 0 unspecified atom stereocenters. The first-order valence-electron chi connectivity index (χ1n) is 4.31. The third-order valence-corrected chi connectivity index (χ3v) is 2.37. The molecule has 0 bridgehead atoms. The molecule has 82 valence electrons. The summed E-state index contributed by atoms with van der Waals surface area (Å²) in [7, 11) is 0. The topological polar surface area (TPSA) is 30.2 Å². The maximum absolute atomic E-state index is 13.1. The van der Waals surface area contributed by atoms with Gasteiger partial charge in [-0.1, -0.05) is 11.6 Å². The Morgan fingerprint density at radius 1 is 1.19 bits per heavy atom. The summed E-state index contributed by atoms with van der Waals surface area (Å²) >= 11 is 5.33. The lowest BCUT2D eigenvalue weighted by atomic mass is 10.1. The minimum Gasteiger partial charge on any atom is -0.453 e. The highest BCUT2D eigenvalue weighted by Crippen LogP contribution is 2.28. The fourth-order valence-electron chi connectivity index (χ4n) is 1.27. The van der Waals surface area contributed by atoms with E-state index in [0.717, 1.165) is 12.1 Å². The van der Waals surface area contributed by atoms with Crippen molar-refractivity contribution < 1.29 is 18.0 Å². The predicted molar refractivity (Wildman–Crippen MR) is 54.5 cm³/mol. The van der Waals surface area contributed by atoms with Gasteiger partial charge in [0.15, 0.2) is 12.0 Å². The Balaban J connectivity index is 2.52. The molecule has 2 aromatic rings. The average Bonchev–Trinajstić information content (AvgIpc) is 2.73. The molecule has 0 N–H and O–H groups in total. The fraction of sp³-hybridized carbons (Fsp3) is 0. The van der Waals surface area contributed by atoms with Gasteiger partial charge in [-0.15, -0.1) is 0 Å². The van der Waals surface area contributed by atoms with Crippen LogP contribution in [0.25, 0.3) is 11.3 Å². The summed E-state index contributed by atoms with van der Waals surface area (Å²) < 4.78 is 31.3. The molecule has 2 rings (SSSR count). The van der Waals surface area contributed by atoms with Crippen LogP contribution >= 0.6 is 11.6 Å². The van der Waals surface area contributed by atoms with E-state index in [1.165, 1.54) is 12.1 Å². The minimum atomic E-state index is -0.874. The van der Waals surface area contributed by atoms with Crippen LogP contribution in [-0.4, -0.2) is 6.29 Å². The van der Waals surface area contributed by atoms with Gasteiger partial charge in [-0.25, -0.2) is 8.78 Å². The Hall–Kier alpha value is -1.68. The van der Waals surface area contributed by atoms with E-state index in [-0.39, 0.29) is 17.1 Å². The summed E-state index contributed by atoms with van der Waals surface area (Å²) in [6.45, 7) is 0. The van der Waals surface area contributed by atoms with Crippen LogP contribution in [0.3, 0.4) is 0 Å². The zero-order valence-electron chi connectivity index (χ0n) is 7.84. The van der Waals surface area contributed by atoms with E-state index in [0.29, 0.717) is 6.29 Å². The van der Waals surface area contributed by atoms with Crippen LogP contribution in [0.4, 0.5) is 8.78 Å². The molecule has 5 heteroatoms. The first-order valence-corrected chi connectivity index (χ1v) is 4.69. The molecular formula is C11H5ClF2O2. The molecule has 0 amide bonds. The Bertz CT molecular complexity index is 526. The van der Waals surface area contributed by atoms with E-state index >= 15 is 0 Å². The van der Waals surface area contributed by atoms with Crippen molar-refractivity contribution in [1.29, 1.82) is 0 Å². The Kier molecular flexibility index (Phi) is 2.75. The summed E-state index contributed by atoms with van der Waals surface area (Å²) in [5.74, 6) is -1.45. The van der Waals surface area contributed by atoms with Gasteiger partial charge < -0.3 is 4.42 Å². The van der Waals surface area contributed by atoms with Crippen molar-refractivity contribution in [3.63, 3.8) is 0 Å². The van der Waals surface area contributed by atoms with Gasteiger partial charge in [0, 0.05) is 5.56 Å². The number of rotatable bonds is 2. The number of halogens is 3. The molecule has 1 heterocycles. The van der Waals surface area contributed by atoms with E-state index in [1.807, 2.05) is 0 Å². The zero-order chi connectivity index (χ0) is 11.7. The first kappa shape index (κ1) is 10.8. The molecule has 0 aliphatic rings. The normalized spacial score (nSPS) is 10.4. The van der Waals surface area contributed by atoms with Gasteiger partial charge in [0.1, 0.15) is 22.4 Å². The van der Waals surface area contributed by atoms with Crippen molar-refractivity contribution in [2.24, 2.45) is 0 Å². The van der Waals surface area contributed by atoms with Gasteiger partial charge in [0.05, 0.1) is 0 Å². The number of benzene rings is 1. The number of hydrogen-bond donors (Lipinski definition) is 0. The van der Waals surface area contributed by atoms with Crippen LogP contribution in [0.2, 0.25) is 5.02 Å². The van der Waals surface area contributed by atoms with Gasteiger partial charge in [0.2, 0.25) is 0 Å². The van der Waals surface area contributed by atoms with Gasteiger partial charge in [0.25, 0.3) is 0 Å². The fourth-order valence-corrected chi connectivity index (χ4v) is 1.38. The van der Waals surface area contributed by atoms with Crippen molar-refractivity contribution in [3.05, 3.63) is 46.7 Å². The summed E-state index contributed by atoms with van der Waals surface area (Å²) in [5, 5.41) is -0.564. The highest BCUT2D eigenvalue weighted by Gasteiger charge is 2.12. The Morgan fingerprint density at radius 3 is 2.31 bits per heavy atom. The van der Waals surface area contributed by atoms with Crippen molar-refractivity contribution >= 4 is 17.9 Å².